The third kappa shape index (κ3) is 3.04. The summed E-state index contributed by atoms with van der Waals surface area (Å²) < 4.78 is 8.73. The Labute approximate surface area is 121 Å². The van der Waals surface area contributed by atoms with Crippen LogP contribution in [0.15, 0.2) is 41.3 Å². The number of rotatable bonds is 5. The topological polar surface area (TPSA) is 56.4 Å². The summed E-state index contributed by atoms with van der Waals surface area (Å²) in [5, 5.41) is 8.73. The molecule has 0 spiro atoms. The zero-order valence-corrected chi connectivity index (χ0v) is 12.0. The molecule has 0 saturated heterocycles. The molecular formula is C14H16N2O3S. The Morgan fingerprint density at radius 2 is 2.00 bits per heavy atom. The van der Waals surface area contributed by atoms with Gasteiger partial charge in [0.15, 0.2) is 4.77 Å². The van der Waals surface area contributed by atoms with Gasteiger partial charge in [-0.25, -0.2) is 0 Å². The van der Waals surface area contributed by atoms with Crippen molar-refractivity contribution < 1.29 is 9.84 Å². The summed E-state index contributed by atoms with van der Waals surface area (Å²) >= 11 is 5.35. The first-order valence-electron chi connectivity index (χ1n) is 6.22. The minimum Gasteiger partial charge on any atom is -0.394 e. The molecule has 1 aromatic heterocycles. The van der Waals surface area contributed by atoms with Gasteiger partial charge in [0, 0.05) is 17.4 Å². The molecule has 0 aliphatic rings. The lowest BCUT2D eigenvalue weighted by atomic mass is 10.3. The van der Waals surface area contributed by atoms with E-state index in [2.05, 4.69) is 0 Å². The van der Waals surface area contributed by atoms with Gasteiger partial charge in [0.1, 0.15) is 6.73 Å². The highest BCUT2D eigenvalue weighted by atomic mass is 32.1. The molecule has 1 N–H and O–H groups in total. The maximum atomic E-state index is 12.1. The second kappa shape index (κ2) is 6.60. The Balaban J connectivity index is 2.50. The van der Waals surface area contributed by atoms with Crippen LogP contribution in [0.5, 0.6) is 0 Å². The predicted octanol–water partition coefficient (Wildman–Crippen LogP) is 1.64. The number of benzene rings is 1. The standard InChI is InChI=1S/C14H16N2O3S/c1-11-9-15(12-5-3-2-4-6-12)14(20)16(13(11)18)10-19-8-7-17/h2-6,9,17H,7-8,10H2,1H3. The molecule has 0 bridgehead atoms. The summed E-state index contributed by atoms with van der Waals surface area (Å²) in [6.07, 6.45) is 1.72. The molecular weight excluding hydrogens is 276 g/mol. The van der Waals surface area contributed by atoms with Gasteiger partial charge in [0.05, 0.1) is 13.2 Å². The van der Waals surface area contributed by atoms with E-state index in [1.54, 1.807) is 17.7 Å². The smallest absolute Gasteiger partial charge is 0.259 e. The number of aliphatic hydroxyl groups is 1. The number of aryl methyl sites for hydroxylation is 1. The average Bonchev–Trinajstić information content (AvgIpc) is 2.47. The van der Waals surface area contributed by atoms with E-state index >= 15 is 0 Å². The molecule has 0 aliphatic carbocycles. The van der Waals surface area contributed by atoms with Crippen LogP contribution in [-0.2, 0) is 11.5 Å². The highest BCUT2D eigenvalue weighted by Gasteiger charge is 2.07. The largest absolute Gasteiger partial charge is 0.394 e. The zero-order chi connectivity index (χ0) is 14.5. The molecule has 0 unspecified atom stereocenters. The van der Waals surface area contributed by atoms with Crippen LogP contribution in [0.2, 0.25) is 0 Å². The lowest BCUT2D eigenvalue weighted by Crippen LogP contribution is -2.27. The van der Waals surface area contributed by atoms with Crippen molar-refractivity contribution in [2.24, 2.45) is 0 Å². The van der Waals surface area contributed by atoms with Gasteiger partial charge in [-0.2, -0.15) is 0 Å². The van der Waals surface area contributed by atoms with Crippen molar-refractivity contribution in [1.29, 1.82) is 0 Å². The summed E-state index contributed by atoms with van der Waals surface area (Å²) in [6, 6.07) is 9.56. The van der Waals surface area contributed by atoms with Crippen LogP contribution in [-0.4, -0.2) is 27.5 Å². The lowest BCUT2D eigenvalue weighted by molar-refractivity contribution is 0.0447. The van der Waals surface area contributed by atoms with Crippen molar-refractivity contribution in [2.75, 3.05) is 13.2 Å². The number of hydrogen-bond acceptors (Lipinski definition) is 4. The van der Waals surface area contributed by atoms with Crippen molar-refractivity contribution in [1.82, 2.24) is 9.13 Å². The highest BCUT2D eigenvalue weighted by molar-refractivity contribution is 7.71. The number of para-hydroxylation sites is 1. The normalized spacial score (nSPS) is 10.7. The summed E-state index contributed by atoms with van der Waals surface area (Å²) in [4.78, 5) is 12.1. The first-order chi connectivity index (χ1) is 9.65. The molecule has 0 amide bonds. The van der Waals surface area contributed by atoms with E-state index in [0.717, 1.165) is 5.69 Å². The van der Waals surface area contributed by atoms with Gasteiger partial charge in [-0.15, -0.1) is 0 Å². The van der Waals surface area contributed by atoms with Crippen LogP contribution in [0, 0.1) is 11.7 Å². The second-order valence-corrected chi connectivity index (χ2v) is 4.66. The van der Waals surface area contributed by atoms with Gasteiger partial charge < -0.3 is 9.84 Å². The fraction of sp³-hybridized carbons (Fsp3) is 0.286. The lowest BCUT2D eigenvalue weighted by Gasteiger charge is -2.13. The van der Waals surface area contributed by atoms with Crippen LogP contribution < -0.4 is 5.56 Å². The highest BCUT2D eigenvalue weighted by Crippen LogP contribution is 2.08. The van der Waals surface area contributed by atoms with Crippen molar-refractivity contribution in [3.8, 4) is 5.69 Å². The van der Waals surface area contributed by atoms with E-state index in [-0.39, 0.29) is 25.5 Å². The molecule has 0 radical (unpaired) electrons. The number of ether oxygens (including phenoxy) is 1. The van der Waals surface area contributed by atoms with Gasteiger partial charge in [0.2, 0.25) is 0 Å². The van der Waals surface area contributed by atoms with E-state index in [0.29, 0.717) is 10.3 Å². The summed E-state index contributed by atoms with van der Waals surface area (Å²) in [7, 11) is 0. The number of hydrogen-bond donors (Lipinski definition) is 1. The Morgan fingerprint density at radius 1 is 1.30 bits per heavy atom. The predicted molar refractivity (Wildman–Crippen MR) is 78.6 cm³/mol. The molecule has 106 valence electrons. The Hall–Kier alpha value is -1.76. The molecule has 1 aromatic carbocycles. The summed E-state index contributed by atoms with van der Waals surface area (Å²) in [5.41, 5.74) is 1.28. The molecule has 5 nitrogen and oxygen atoms in total. The third-order valence-corrected chi connectivity index (χ3v) is 3.25. The molecule has 2 rings (SSSR count). The average molecular weight is 292 g/mol. The quantitative estimate of drug-likeness (QED) is 0.672. The SMILES string of the molecule is Cc1cn(-c2ccccc2)c(=S)n(COCCO)c1=O. The minimum absolute atomic E-state index is 0.0345. The molecule has 0 saturated carbocycles. The first-order valence-corrected chi connectivity index (χ1v) is 6.63. The third-order valence-electron chi connectivity index (χ3n) is 2.83. The second-order valence-electron chi connectivity index (χ2n) is 4.29. The van der Waals surface area contributed by atoms with Crippen molar-refractivity contribution in [2.45, 2.75) is 13.7 Å². The fourth-order valence-electron chi connectivity index (χ4n) is 1.84. The summed E-state index contributed by atoms with van der Waals surface area (Å²) in [5.74, 6) is 0. The van der Waals surface area contributed by atoms with Gasteiger partial charge in [0.25, 0.3) is 5.56 Å². The number of aromatic nitrogens is 2. The van der Waals surface area contributed by atoms with Crippen LogP contribution in [0.3, 0.4) is 0 Å². The van der Waals surface area contributed by atoms with E-state index in [1.165, 1.54) is 4.57 Å². The van der Waals surface area contributed by atoms with Gasteiger partial charge in [-0.05, 0) is 31.3 Å². The van der Waals surface area contributed by atoms with E-state index in [4.69, 9.17) is 22.1 Å². The Kier molecular flexibility index (Phi) is 4.84. The zero-order valence-electron chi connectivity index (χ0n) is 11.2. The van der Waals surface area contributed by atoms with Crippen LogP contribution >= 0.6 is 12.2 Å². The van der Waals surface area contributed by atoms with Gasteiger partial charge in [-0.3, -0.25) is 13.9 Å². The maximum Gasteiger partial charge on any atom is 0.259 e. The van der Waals surface area contributed by atoms with Gasteiger partial charge >= 0.3 is 0 Å². The summed E-state index contributed by atoms with van der Waals surface area (Å²) in [6.45, 7) is 1.85. The van der Waals surface area contributed by atoms with Crippen molar-refractivity contribution in [3.63, 3.8) is 0 Å². The van der Waals surface area contributed by atoms with Crippen LogP contribution in [0.25, 0.3) is 5.69 Å². The fourth-order valence-corrected chi connectivity index (χ4v) is 2.14. The Bertz CT molecular complexity index is 692. The van der Waals surface area contributed by atoms with Crippen molar-refractivity contribution >= 4 is 12.2 Å². The minimum atomic E-state index is -0.180. The number of aliphatic hydroxyl groups excluding tert-OH is 1. The van der Waals surface area contributed by atoms with Crippen LogP contribution in [0.4, 0.5) is 0 Å². The monoisotopic (exact) mass is 292 g/mol. The Morgan fingerprint density at radius 3 is 2.65 bits per heavy atom. The number of nitrogens with zero attached hydrogens (tertiary/aromatic N) is 2. The molecule has 1 heterocycles. The van der Waals surface area contributed by atoms with E-state index in [1.807, 2.05) is 30.3 Å². The van der Waals surface area contributed by atoms with E-state index < -0.39 is 0 Å². The van der Waals surface area contributed by atoms with E-state index in [9.17, 15) is 4.79 Å². The molecule has 0 atom stereocenters. The van der Waals surface area contributed by atoms with Crippen molar-refractivity contribution in [3.05, 3.63) is 57.2 Å². The molecule has 20 heavy (non-hydrogen) atoms. The first kappa shape index (κ1) is 14.6. The molecule has 2 aromatic rings. The molecule has 0 aliphatic heterocycles. The van der Waals surface area contributed by atoms with Gasteiger partial charge in [-0.1, -0.05) is 18.2 Å². The van der Waals surface area contributed by atoms with Crippen LogP contribution in [0.1, 0.15) is 5.56 Å². The molecule has 6 heteroatoms. The molecule has 0 fully saturated rings. The maximum absolute atomic E-state index is 12.1.